The topological polar surface area (TPSA) is 72.3 Å². The maximum Gasteiger partial charge on any atom is 0.234 e. The number of likely N-dealkylation sites (tertiary alicyclic amines) is 1. The van der Waals surface area contributed by atoms with Crippen LogP contribution in [0.4, 0.5) is 0 Å². The van der Waals surface area contributed by atoms with E-state index >= 15 is 0 Å². The largest absolute Gasteiger partial charge is 0.368 e. The summed E-state index contributed by atoms with van der Waals surface area (Å²) in [6.07, 6.45) is 1.77. The number of nitrogens with zero attached hydrogens (tertiary/aromatic N) is 1. The molecule has 5 heteroatoms. The summed E-state index contributed by atoms with van der Waals surface area (Å²) >= 11 is 6.05. The Labute approximate surface area is 118 Å². The molecule has 0 bridgehead atoms. The second kappa shape index (κ2) is 5.90. The molecule has 1 heterocycles. The molecule has 0 spiro atoms. The van der Waals surface area contributed by atoms with Crippen molar-refractivity contribution in [2.75, 3.05) is 6.54 Å². The third-order valence-electron chi connectivity index (χ3n) is 3.67. The van der Waals surface area contributed by atoms with Crippen LogP contribution in [0.25, 0.3) is 0 Å². The molecule has 2 rings (SSSR count). The van der Waals surface area contributed by atoms with Crippen LogP contribution in [0.1, 0.15) is 31.4 Å². The van der Waals surface area contributed by atoms with Gasteiger partial charge in [0.2, 0.25) is 5.91 Å². The Kier molecular flexibility index (Phi) is 4.45. The lowest BCUT2D eigenvalue weighted by Gasteiger charge is -2.34. The Balaban J connectivity index is 2.32. The number of benzene rings is 1. The summed E-state index contributed by atoms with van der Waals surface area (Å²) in [6.45, 7) is 2.79. The summed E-state index contributed by atoms with van der Waals surface area (Å²) in [6, 6.07) is 7.29. The molecule has 0 aromatic heterocycles. The number of hydrogen-bond acceptors (Lipinski definition) is 3. The van der Waals surface area contributed by atoms with Crippen LogP contribution in [0.5, 0.6) is 0 Å². The van der Waals surface area contributed by atoms with E-state index in [2.05, 4.69) is 4.90 Å². The maximum atomic E-state index is 11.6. The Morgan fingerprint density at radius 3 is 2.84 bits per heavy atom. The molecule has 0 radical (unpaired) electrons. The molecule has 1 saturated heterocycles. The average molecular weight is 282 g/mol. The van der Waals surface area contributed by atoms with E-state index in [1.807, 2.05) is 31.2 Å². The summed E-state index contributed by atoms with van der Waals surface area (Å²) in [7, 11) is 0. The monoisotopic (exact) mass is 281 g/mol. The number of halogens is 1. The zero-order valence-electron chi connectivity index (χ0n) is 11.1. The quantitative estimate of drug-likeness (QED) is 0.882. The third kappa shape index (κ3) is 3.08. The van der Waals surface area contributed by atoms with Gasteiger partial charge in [-0.3, -0.25) is 9.69 Å². The minimum absolute atomic E-state index is 0.0290. The van der Waals surface area contributed by atoms with Crippen molar-refractivity contribution in [2.45, 2.75) is 37.9 Å². The van der Waals surface area contributed by atoms with Gasteiger partial charge in [0.25, 0.3) is 0 Å². The zero-order valence-corrected chi connectivity index (χ0v) is 11.8. The highest BCUT2D eigenvalue weighted by Crippen LogP contribution is 2.32. The summed E-state index contributed by atoms with van der Waals surface area (Å²) in [4.78, 5) is 13.7. The predicted molar refractivity (Wildman–Crippen MR) is 76.8 cm³/mol. The van der Waals surface area contributed by atoms with E-state index in [0.29, 0.717) is 5.02 Å². The highest BCUT2D eigenvalue weighted by molar-refractivity contribution is 6.30. The SMILES string of the molecule is CC(N)C(c1cccc(Cl)c1)N1CCCC1C(N)=O. The van der Waals surface area contributed by atoms with Crippen LogP contribution in [0, 0.1) is 0 Å². The lowest BCUT2D eigenvalue weighted by Crippen LogP contribution is -2.47. The molecule has 19 heavy (non-hydrogen) atoms. The number of hydrogen-bond donors (Lipinski definition) is 2. The van der Waals surface area contributed by atoms with Gasteiger partial charge in [-0.05, 0) is 44.0 Å². The van der Waals surface area contributed by atoms with Crippen molar-refractivity contribution in [3.05, 3.63) is 34.9 Å². The highest BCUT2D eigenvalue weighted by atomic mass is 35.5. The van der Waals surface area contributed by atoms with Gasteiger partial charge >= 0.3 is 0 Å². The van der Waals surface area contributed by atoms with Crippen molar-refractivity contribution >= 4 is 17.5 Å². The van der Waals surface area contributed by atoms with Crippen molar-refractivity contribution in [1.29, 1.82) is 0 Å². The number of rotatable bonds is 4. The smallest absolute Gasteiger partial charge is 0.234 e. The van der Waals surface area contributed by atoms with Crippen LogP contribution in [0.15, 0.2) is 24.3 Å². The Morgan fingerprint density at radius 2 is 2.26 bits per heavy atom. The van der Waals surface area contributed by atoms with Crippen LogP contribution in [-0.4, -0.2) is 29.4 Å². The van der Waals surface area contributed by atoms with Gasteiger partial charge in [-0.1, -0.05) is 23.7 Å². The molecule has 3 atom stereocenters. The molecular formula is C14H20ClN3O. The van der Waals surface area contributed by atoms with Gasteiger partial charge in [0.1, 0.15) is 0 Å². The minimum atomic E-state index is -0.273. The molecule has 1 aliphatic heterocycles. The normalized spacial score (nSPS) is 23.2. The molecule has 1 aliphatic rings. The van der Waals surface area contributed by atoms with Gasteiger partial charge in [0.15, 0.2) is 0 Å². The third-order valence-corrected chi connectivity index (χ3v) is 3.90. The molecule has 1 fully saturated rings. The van der Waals surface area contributed by atoms with Crippen LogP contribution in [0.2, 0.25) is 5.02 Å². The molecule has 4 N–H and O–H groups in total. The van der Waals surface area contributed by atoms with Gasteiger partial charge in [-0.25, -0.2) is 0 Å². The summed E-state index contributed by atoms with van der Waals surface area (Å²) in [5.74, 6) is -0.273. The van der Waals surface area contributed by atoms with Gasteiger partial charge < -0.3 is 11.5 Å². The van der Waals surface area contributed by atoms with Crippen LogP contribution < -0.4 is 11.5 Å². The fraction of sp³-hybridized carbons (Fsp3) is 0.500. The molecule has 1 aromatic carbocycles. The van der Waals surface area contributed by atoms with E-state index < -0.39 is 0 Å². The Hall–Kier alpha value is -1.10. The number of nitrogens with two attached hydrogens (primary N) is 2. The molecule has 4 nitrogen and oxygen atoms in total. The molecule has 1 amide bonds. The minimum Gasteiger partial charge on any atom is -0.368 e. The molecular weight excluding hydrogens is 262 g/mol. The molecule has 1 aromatic rings. The average Bonchev–Trinajstić information content (AvgIpc) is 2.78. The van der Waals surface area contributed by atoms with Gasteiger partial charge in [0, 0.05) is 11.1 Å². The fourth-order valence-corrected chi connectivity index (χ4v) is 3.11. The van der Waals surface area contributed by atoms with Crippen molar-refractivity contribution in [3.63, 3.8) is 0 Å². The molecule has 0 aliphatic carbocycles. The van der Waals surface area contributed by atoms with E-state index in [0.717, 1.165) is 24.9 Å². The Morgan fingerprint density at radius 1 is 1.53 bits per heavy atom. The van der Waals surface area contributed by atoms with E-state index in [4.69, 9.17) is 23.1 Å². The first-order valence-corrected chi connectivity index (χ1v) is 6.94. The summed E-state index contributed by atoms with van der Waals surface area (Å²) < 4.78 is 0. The van der Waals surface area contributed by atoms with E-state index in [1.165, 1.54) is 0 Å². The van der Waals surface area contributed by atoms with Crippen molar-refractivity contribution in [3.8, 4) is 0 Å². The lowest BCUT2D eigenvalue weighted by molar-refractivity contribution is -0.123. The predicted octanol–water partition coefficient (Wildman–Crippen LogP) is 1.68. The number of primary amides is 1. The Bertz CT molecular complexity index is 464. The van der Waals surface area contributed by atoms with Crippen molar-refractivity contribution < 1.29 is 4.79 Å². The first-order chi connectivity index (χ1) is 9.00. The number of carbonyl (C=O) groups is 1. The van der Waals surface area contributed by atoms with Gasteiger partial charge in [-0.15, -0.1) is 0 Å². The van der Waals surface area contributed by atoms with E-state index in [1.54, 1.807) is 0 Å². The van der Waals surface area contributed by atoms with Crippen LogP contribution in [0.3, 0.4) is 0 Å². The van der Waals surface area contributed by atoms with Crippen LogP contribution >= 0.6 is 11.6 Å². The lowest BCUT2D eigenvalue weighted by atomic mass is 9.98. The number of carbonyl (C=O) groups excluding carboxylic acids is 1. The van der Waals surface area contributed by atoms with Crippen molar-refractivity contribution in [2.24, 2.45) is 11.5 Å². The van der Waals surface area contributed by atoms with E-state index in [-0.39, 0.29) is 24.0 Å². The highest BCUT2D eigenvalue weighted by Gasteiger charge is 2.36. The second-order valence-electron chi connectivity index (χ2n) is 5.16. The first-order valence-electron chi connectivity index (χ1n) is 6.57. The van der Waals surface area contributed by atoms with Gasteiger partial charge in [-0.2, -0.15) is 0 Å². The van der Waals surface area contributed by atoms with E-state index in [9.17, 15) is 4.79 Å². The first kappa shape index (κ1) is 14.3. The number of amides is 1. The van der Waals surface area contributed by atoms with Crippen LogP contribution in [-0.2, 0) is 4.79 Å². The second-order valence-corrected chi connectivity index (χ2v) is 5.59. The molecule has 104 valence electrons. The fourth-order valence-electron chi connectivity index (χ4n) is 2.92. The molecule has 3 unspecified atom stereocenters. The maximum absolute atomic E-state index is 11.6. The summed E-state index contributed by atoms with van der Waals surface area (Å²) in [5.41, 5.74) is 12.6. The summed E-state index contributed by atoms with van der Waals surface area (Å²) in [5, 5.41) is 0.679. The zero-order chi connectivity index (χ0) is 14.0. The molecule has 0 saturated carbocycles. The standard InChI is InChI=1S/C14H20ClN3O/c1-9(16)13(10-4-2-5-11(15)8-10)18-7-3-6-12(18)14(17)19/h2,4-5,8-9,12-13H,3,6-7,16H2,1H3,(H2,17,19). The van der Waals surface area contributed by atoms with Crippen molar-refractivity contribution in [1.82, 2.24) is 4.90 Å². The van der Waals surface area contributed by atoms with Gasteiger partial charge in [0.05, 0.1) is 12.1 Å².